The number of hydrogen-bond donors (Lipinski definition) is 2. The molecule has 0 aliphatic heterocycles. The third-order valence-corrected chi connectivity index (χ3v) is 6.90. The van der Waals surface area contributed by atoms with Crippen LogP contribution in [0.25, 0.3) is 0 Å². The van der Waals surface area contributed by atoms with Crippen LogP contribution in [-0.2, 0) is 26.1 Å². The third-order valence-electron chi connectivity index (χ3n) is 5.76. The van der Waals surface area contributed by atoms with Crippen LogP contribution in [0.15, 0.2) is 35.5 Å². The van der Waals surface area contributed by atoms with E-state index < -0.39 is 0 Å². The van der Waals surface area contributed by atoms with E-state index in [0.29, 0.717) is 6.54 Å². The van der Waals surface area contributed by atoms with Gasteiger partial charge in [0.1, 0.15) is 5.01 Å². The third kappa shape index (κ3) is 7.50. The van der Waals surface area contributed by atoms with Crippen LogP contribution in [0.1, 0.15) is 60.0 Å². The fourth-order valence-electron chi connectivity index (χ4n) is 3.96. The highest BCUT2D eigenvalue weighted by Gasteiger charge is 2.18. The lowest BCUT2D eigenvalue weighted by Crippen LogP contribution is -2.37. The molecule has 3 rings (SSSR count). The molecule has 0 amide bonds. The second-order valence-electron chi connectivity index (χ2n) is 7.83. The first-order valence-corrected chi connectivity index (χ1v) is 11.7. The first kappa shape index (κ1) is 25.1. The zero-order chi connectivity index (χ0) is 20.5. The molecule has 2 N–H and O–H groups in total. The summed E-state index contributed by atoms with van der Waals surface area (Å²) in [6.45, 7) is 4.64. The van der Waals surface area contributed by atoms with Gasteiger partial charge in [-0.25, -0.2) is 4.98 Å². The molecule has 0 atom stereocenters. The molecule has 1 heterocycles. The average molecular weight is 542 g/mol. The van der Waals surface area contributed by atoms with Gasteiger partial charge in [0.25, 0.3) is 0 Å². The van der Waals surface area contributed by atoms with Gasteiger partial charge in [0.15, 0.2) is 5.96 Å². The predicted octanol–water partition coefficient (Wildman–Crippen LogP) is 4.95. The zero-order valence-electron chi connectivity index (χ0n) is 18.5. The maximum absolute atomic E-state index is 4.47. The van der Waals surface area contributed by atoms with Gasteiger partial charge in [-0.3, -0.25) is 9.89 Å². The Bertz CT molecular complexity index is 785. The molecule has 1 aromatic carbocycles. The number of thiazole rings is 1. The van der Waals surface area contributed by atoms with Crippen molar-refractivity contribution in [2.45, 2.75) is 71.1 Å². The number of rotatable bonds is 8. The molecule has 30 heavy (non-hydrogen) atoms. The fourth-order valence-corrected chi connectivity index (χ4v) is 4.76. The lowest BCUT2D eigenvalue weighted by Gasteiger charge is -2.31. The summed E-state index contributed by atoms with van der Waals surface area (Å²) in [5.74, 6) is 0.814. The van der Waals surface area contributed by atoms with Gasteiger partial charge < -0.3 is 10.6 Å². The zero-order valence-corrected chi connectivity index (χ0v) is 21.6. The highest BCUT2D eigenvalue weighted by atomic mass is 127. The molecule has 166 valence electrons. The maximum atomic E-state index is 4.47. The largest absolute Gasteiger partial charge is 0.352 e. The molecule has 0 radical (unpaired) electrons. The molecule has 1 aliphatic carbocycles. The minimum absolute atomic E-state index is 0. The Kier molecular flexibility index (Phi) is 11.1. The second kappa shape index (κ2) is 13.3. The summed E-state index contributed by atoms with van der Waals surface area (Å²) >= 11 is 1.76. The fraction of sp³-hybridized carbons (Fsp3) is 0.565. The van der Waals surface area contributed by atoms with Crippen molar-refractivity contribution in [2.75, 3.05) is 14.1 Å². The molecule has 2 aromatic rings. The van der Waals surface area contributed by atoms with E-state index in [1.165, 1.54) is 48.1 Å². The molecule has 7 heteroatoms. The smallest absolute Gasteiger partial charge is 0.191 e. The Morgan fingerprint density at radius 2 is 1.83 bits per heavy atom. The van der Waals surface area contributed by atoms with Gasteiger partial charge in [-0.15, -0.1) is 35.3 Å². The Morgan fingerprint density at radius 1 is 1.13 bits per heavy atom. The molecule has 5 nitrogen and oxygen atoms in total. The van der Waals surface area contributed by atoms with Crippen molar-refractivity contribution >= 4 is 41.3 Å². The summed E-state index contributed by atoms with van der Waals surface area (Å²) < 4.78 is 0. The van der Waals surface area contributed by atoms with Crippen LogP contribution in [0.2, 0.25) is 0 Å². The predicted molar refractivity (Wildman–Crippen MR) is 139 cm³/mol. The van der Waals surface area contributed by atoms with Crippen molar-refractivity contribution in [2.24, 2.45) is 4.99 Å². The van der Waals surface area contributed by atoms with Crippen molar-refractivity contribution < 1.29 is 0 Å². The van der Waals surface area contributed by atoms with Gasteiger partial charge in [0.2, 0.25) is 0 Å². The minimum atomic E-state index is 0. The Balaban J connectivity index is 0.00000320. The molecular weight excluding hydrogens is 505 g/mol. The highest BCUT2D eigenvalue weighted by molar-refractivity contribution is 14.0. The van der Waals surface area contributed by atoms with E-state index in [4.69, 9.17) is 0 Å². The summed E-state index contributed by atoms with van der Waals surface area (Å²) in [6, 6.07) is 9.48. The van der Waals surface area contributed by atoms with E-state index in [-0.39, 0.29) is 24.0 Å². The van der Waals surface area contributed by atoms with Crippen LogP contribution in [-0.4, -0.2) is 36.0 Å². The van der Waals surface area contributed by atoms with Crippen LogP contribution >= 0.6 is 35.3 Å². The van der Waals surface area contributed by atoms with Gasteiger partial charge in [0.05, 0.1) is 6.54 Å². The highest BCUT2D eigenvalue weighted by Crippen LogP contribution is 2.23. The van der Waals surface area contributed by atoms with Gasteiger partial charge in [-0.2, -0.15) is 0 Å². The van der Waals surface area contributed by atoms with Crippen LogP contribution in [0.3, 0.4) is 0 Å². The molecule has 0 unspecified atom stereocenters. The van der Waals surface area contributed by atoms with E-state index in [2.05, 4.69) is 63.7 Å². The standard InChI is InChI=1S/C23H35N5S.HI/c1-4-21-15-25-22(29-21)16-27-23(24-2)26-14-18-10-8-9-11-19(18)17-28(3)20-12-6-5-7-13-20;/h8-11,15,20H,4-7,12-14,16-17H2,1-3H3,(H2,24,26,27);1H. The van der Waals surface area contributed by atoms with Crippen molar-refractivity contribution in [3.63, 3.8) is 0 Å². The topological polar surface area (TPSA) is 52.6 Å². The normalized spacial score (nSPS) is 15.1. The Morgan fingerprint density at radius 3 is 2.50 bits per heavy atom. The first-order valence-electron chi connectivity index (χ1n) is 10.8. The molecule has 1 saturated carbocycles. The van der Waals surface area contributed by atoms with E-state index in [9.17, 15) is 0 Å². The first-order chi connectivity index (χ1) is 14.2. The maximum Gasteiger partial charge on any atom is 0.191 e. The van der Waals surface area contributed by atoms with Crippen LogP contribution in [0, 0.1) is 0 Å². The van der Waals surface area contributed by atoms with Crippen LogP contribution < -0.4 is 10.6 Å². The summed E-state index contributed by atoms with van der Waals surface area (Å²) in [6.07, 6.45) is 9.83. The van der Waals surface area contributed by atoms with Crippen molar-refractivity contribution in [1.82, 2.24) is 20.5 Å². The summed E-state index contributed by atoms with van der Waals surface area (Å²) in [7, 11) is 4.09. The molecule has 0 saturated heterocycles. The molecule has 0 spiro atoms. The summed E-state index contributed by atoms with van der Waals surface area (Å²) in [4.78, 5) is 12.7. The molecule has 0 bridgehead atoms. The van der Waals surface area contributed by atoms with Crippen molar-refractivity contribution in [1.29, 1.82) is 0 Å². The number of guanidine groups is 1. The summed E-state index contributed by atoms with van der Waals surface area (Å²) in [5, 5.41) is 7.95. The lowest BCUT2D eigenvalue weighted by atomic mass is 9.94. The van der Waals surface area contributed by atoms with Gasteiger partial charge in [-0.05, 0) is 37.4 Å². The number of nitrogens with zero attached hydrogens (tertiary/aromatic N) is 3. The van der Waals surface area contributed by atoms with E-state index in [1.54, 1.807) is 11.3 Å². The molecule has 1 aromatic heterocycles. The molecule has 1 fully saturated rings. The second-order valence-corrected chi connectivity index (χ2v) is 9.03. The number of aliphatic imine (C=N–C) groups is 1. The number of aromatic nitrogens is 1. The quantitative estimate of drug-likeness (QED) is 0.282. The minimum Gasteiger partial charge on any atom is -0.352 e. The Labute approximate surface area is 202 Å². The number of aryl methyl sites for hydroxylation is 1. The number of halogens is 1. The molecular formula is C23H36IN5S. The van der Waals surface area contributed by atoms with Gasteiger partial charge in [-0.1, -0.05) is 50.5 Å². The van der Waals surface area contributed by atoms with E-state index in [0.717, 1.165) is 36.5 Å². The van der Waals surface area contributed by atoms with E-state index in [1.807, 2.05) is 13.2 Å². The van der Waals surface area contributed by atoms with Crippen LogP contribution in [0.5, 0.6) is 0 Å². The van der Waals surface area contributed by atoms with Gasteiger partial charge in [0, 0.05) is 37.3 Å². The van der Waals surface area contributed by atoms with Crippen LogP contribution in [0.4, 0.5) is 0 Å². The summed E-state index contributed by atoms with van der Waals surface area (Å²) in [5.41, 5.74) is 2.73. The lowest BCUT2D eigenvalue weighted by molar-refractivity contribution is 0.184. The number of hydrogen-bond acceptors (Lipinski definition) is 4. The average Bonchev–Trinajstić information content (AvgIpc) is 3.23. The SMILES string of the molecule is CCc1cnc(CNC(=NC)NCc2ccccc2CN(C)C2CCCCC2)s1.I. The van der Waals surface area contributed by atoms with Crippen molar-refractivity contribution in [3.05, 3.63) is 51.5 Å². The van der Waals surface area contributed by atoms with Gasteiger partial charge >= 0.3 is 0 Å². The van der Waals surface area contributed by atoms with E-state index >= 15 is 0 Å². The monoisotopic (exact) mass is 541 g/mol. The molecule has 1 aliphatic rings. The number of nitrogens with one attached hydrogen (secondary N) is 2. The Hall–Kier alpha value is -1.19. The number of benzene rings is 1. The van der Waals surface area contributed by atoms with Crippen molar-refractivity contribution in [3.8, 4) is 0 Å².